The summed E-state index contributed by atoms with van der Waals surface area (Å²) in [7, 11) is 3.40. The molecule has 1 aliphatic rings. The lowest BCUT2D eigenvalue weighted by Crippen LogP contribution is -2.41. The first-order valence-corrected chi connectivity index (χ1v) is 13.6. The highest BCUT2D eigenvalue weighted by Gasteiger charge is 2.28. The first-order chi connectivity index (χ1) is 19.8. The van der Waals surface area contributed by atoms with Gasteiger partial charge in [0, 0.05) is 28.8 Å². The molecule has 1 saturated heterocycles. The van der Waals surface area contributed by atoms with Crippen molar-refractivity contribution in [3.8, 4) is 34.8 Å². The zero-order valence-electron chi connectivity index (χ0n) is 23.0. The SMILES string of the molecule is COc1cc(COC2CNCCC2c2ccc(OCC#CCOc3ccccc3)cc2)c(OC)c2ccccc12. The van der Waals surface area contributed by atoms with Crippen LogP contribution >= 0.6 is 0 Å². The predicted molar refractivity (Wildman–Crippen MR) is 158 cm³/mol. The van der Waals surface area contributed by atoms with Gasteiger partial charge in [-0.25, -0.2) is 0 Å². The van der Waals surface area contributed by atoms with Crippen LogP contribution in [0.15, 0.2) is 84.9 Å². The van der Waals surface area contributed by atoms with Crippen molar-refractivity contribution >= 4 is 10.8 Å². The Morgan fingerprint density at radius 1 is 0.775 bits per heavy atom. The molecule has 6 heteroatoms. The molecule has 4 aromatic carbocycles. The van der Waals surface area contributed by atoms with Gasteiger partial charge in [-0.05, 0) is 48.9 Å². The molecule has 0 saturated carbocycles. The van der Waals surface area contributed by atoms with Gasteiger partial charge >= 0.3 is 0 Å². The van der Waals surface area contributed by atoms with Crippen molar-refractivity contribution in [1.82, 2.24) is 5.32 Å². The van der Waals surface area contributed by atoms with Crippen molar-refractivity contribution in [3.05, 3.63) is 96.1 Å². The Bertz CT molecular complexity index is 1440. The summed E-state index contributed by atoms with van der Waals surface area (Å²) in [5, 5.41) is 5.53. The summed E-state index contributed by atoms with van der Waals surface area (Å²) in [6.07, 6.45) is 1.02. The molecule has 6 nitrogen and oxygen atoms in total. The number of hydrogen-bond donors (Lipinski definition) is 1. The Labute approximate surface area is 236 Å². The standard InChI is InChI=1S/C34H35NO5/c1-36-32-22-26(34(37-2)31-13-7-6-12-30(31)32)24-40-33-23-35-19-18-29(33)25-14-16-28(17-15-25)39-21-9-8-20-38-27-10-4-3-5-11-27/h3-7,10-17,22,29,33,35H,18-21,23-24H2,1-2H3. The van der Waals surface area contributed by atoms with Crippen LogP contribution in [0.5, 0.6) is 23.0 Å². The van der Waals surface area contributed by atoms with Crippen LogP contribution in [0.3, 0.4) is 0 Å². The Kier molecular flexibility index (Phi) is 9.41. The van der Waals surface area contributed by atoms with Crippen molar-refractivity contribution in [2.45, 2.75) is 25.0 Å². The van der Waals surface area contributed by atoms with E-state index in [-0.39, 0.29) is 12.0 Å². The van der Waals surface area contributed by atoms with Crippen molar-refractivity contribution in [1.29, 1.82) is 0 Å². The smallest absolute Gasteiger partial charge is 0.149 e. The normalized spacial score (nSPS) is 16.6. The quantitative estimate of drug-likeness (QED) is 0.251. The van der Waals surface area contributed by atoms with E-state index in [2.05, 4.69) is 35.4 Å². The van der Waals surface area contributed by atoms with Gasteiger partial charge in [0.2, 0.25) is 0 Å². The molecule has 0 radical (unpaired) electrons. The monoisotopic (exact) mass is 537 g/mol. The first-order valence-electron chi connectivity index (χ1n) is 13.6. The van der Waals surface area contributed by atoms with Gasteiger partial charge < -0.3 is 29.0 Å². The minimum atomic E-state index is 0.0261. The van der Waals surface area contributed by atoms with Crippen molar-refractivity contribution < 1.29 is 23.7 Å². The molecule has 5 rings (SSSR count). The van der Waals surface area contributed by atoms with E-state index in [9.17, 15) is 0 Å². The molecule has 0 bridgehead atoms. The molecule has 2 atom stereocenters. The molecule has 0 spiro atoms. The second-order valence-electron chi connectivity index (χ2n) is 9.58. The lowest BCUT2D eigenvalue weighted by molar-refractivity contribution is 0.00983. The van der Waals surface area contributed by atoms with E-state index in [1.807, 2.05) is 66.7 Å². The number of hydrogen-bond acceptors (Lipinski definition) is 6. The van der Waals surface area contributed by atoms with Crippen molar-refractivity contribution in [3.63, 3.8) is 0 Å². The lowest BCUT2D eigenvalue weighted by atomic mass is 9.87. The topological polar surface area (TPSA) is 58.2 Å². The third-order valence-electron chi connectivity index (χ3n) is 7.14. The molecular formula is C34H35NO5. The van der Waals surface area contributed by atoms with Crippen LogP contribution in [0.2, 0.25) is 0 Å². The molecule has 4 aromatic rings. The van der Waals surface area contributed by atoms with Gasteiger partial charge in [-0.1, -0.05) is 66.4 Å². The predicted octanol–water partition coefficient (Wildman–Crippen LogP) is 5.98. The molecule has 0 aliphatic carbocycles. The fourth-order valence-corrected chi connectivity index (χ4v) is 5.14. The molecule has 2 unspecified atom stereocenters. The number of methoxy groups -OCH3 is 2. The number of rotatable bonds is 10. The zero-order chi connectivity index (χ0) is 27.6. The summed E-state index contributed by atoms with van der Waals surface area (Å²) < 4.78 is 29.4. The van der Waals surface area contributed by atoms with Crippen LogP contribution in [0.1, 0.15) is 23.5 Å². The van der Waals surface area contributed by atoms with E-state index in [0.29, 0.717) is 19.8 Å². The average Bonchev–Trinajstić information content (AvgIpc) is 3.02. The number of nitrogens with one attached hydrogen (secondary N) is 1. The van der Waals surface area contributed by atoms with Gasteiger partial charge in [0.1, 0.15) is 36.2 Å². The van der Waals surface area contributed by atoms with Gasteiger partial charge in [0.25, 0.3) is 0 Å². The highest BCUT2D eigenvalue weighted by atomic mass is 16.5. The minimum Gasteiger partial charge on any atom is -0.496 e. The zero-order valence-corrected chi connectivity index (χ0v) is 23.0. The van der Waals surface area contributed by atoms with Gasteiger partial charge in [-0.2, -0.15) is 0 Å². The first kappa shape index (κ1) is 27.4. The molecule has 40 heavy (non-hydrogen) atoms. The molecule has 1 heterocycles. The van der Waals surface area contributed by atoms with E-state index >= 15 is 0 Å². The van der Waals surface area contributed by atoms with Gasteiger partial charge in [0.15, 0.2) is 0 Å². The summed E-state index contributed by atoms with van der Waals surface area (Å²) in [5.41, 5.74) is 2.21. The number of benzene rings is 4. The second-order valence-corrected chi connectivity index (χ2v) is 9.58. The Morgan fingerprint density at radius 3 is 2.15 bits per heavy atom. The fraction of sp³-hybridized carbons (Fsp3) is 0.294. The number of fused-ring (bicyclic) bond motifs is 1. The largest absolute Gasteiger partial charge is 0.496 e. The summed E-state index contributed by atoms with van der Waals surface area (Å²) in [6, 6.07) is 28.1. The maximum absolute atomic E-state index is 6.53. The van der Waals surface area contributed by atoms with Crippen molar-refractivity contribution in [2.24, 2.45) is 0 Å². The van der Waals surface area contributed by atoms with E-state index < -0.39 is 0 Å². The summed E-state index contributed by atoms with van der Waals surface area (Å²) in [5.74, 6) is 9.52. The number of ether oxygens (including phenoxy) is 5. The van der Waals surface area contributed by atoms with E-state index in [1.165, 1.54) is 5.56 Å². The van der Waals surface area contributed by atoms with E-state index in [0.717, 1.165) is 58.8 Å². The van der Waals surface area contributed by atoms with Gasteiger partial charge in [-0.3, -0.25) is 0 Å². The highest BCUT2D eigenvalue weighted by molar-refractivity contribution is 5.94. The number of piperidine rings is 1. The van der Waals surface area contributed by atoms with Crippen LogP contribution < -0.4 is 24.3 Å². The third kappa shape index (κ3) is 6.69. The lowest BCUT2D eigenvalue weighted by Gasteiger charge is -2.33. The Morgan fingerprint density at radius 2 is 1.45 bits per heavy atom. The molecular weight excluding hydrogens is 502 g/mol. The van der Waals surface area contributed by atoms with Crippen LogP contribution in [0.25, 0.3) is 10.8 Å². The molecule has 1 fully saturated rings. The van der Waals surface area contributed by atoms with Gasteiger partial charge in [0.05, 0.1) is 26.9 Å². The molecule has 206 valence electrons. The molecule has 1 N–H and O–H groups in total. The summed E-state index contributed by atoms with van der Waals surface area (Å²) >= 11 is 0. The Balaban J connectivity index is 1.19. The average molecular weight is 538 g/mol. The van der Waals surface area contributed by atoms with Gasteiger partial charge in [-0.15, -0.1) is 0 Å². The summed E-state index contributed by atoms with van der Waals surface area (Å²) in [6.45, 7) is 2.82. The Hall–Kier alpha value is -4.18. The third-order valence-corrected chi connectivity index (χ3v) is 7.14. The van der Waals surface area contributed by atoms with Crippen LogP contribution in [0, 0.1) is 11.8 Å². The maximum atomic E-state index is 6.53. The van der Waals surface area contributed by atoms with Crippen LogP contribution in [-0.2, 0) is 11.3 Å². The van der Waals surface area contributed by atoms with E-state index in [4.69, 9.17) is 23.7 Å². The van der Waals surface area contributed by atoms with Crippen LogP contribution in [0.4, 0.5) is 0 Å². The molecule has 0 aromatic heterocycles. The van der Waals surface area contributed by atoms with Crippen LogP contribution in [-0.4, -0.2) is 46.6 Å². The second kappa shape index (κ2) is 13.7. The minimum absolute atomic E-state index is 0.0261. The molecule has 0 amide bonds. The van der Waals surface area contributed by atoms with Crippen molar-refractivity contribution in [2.75, 3.05) is 40.5 Å². The fourth-order valence-electron chi connectivity index (χ4n) is 5.14. The van der Waals surface area contributed by atoms with E-state index in [1.54, 1.807) is 14.2 Å². The highest BCUT2D eigenvalue weighted by Crippen LogP contribution is 2.38. The summed E-state index contributed by atoms with van der Waals surface area (Å²) in [4.78, 5) is 0. The number of para-hydroxylation sites is 1. The maximum Gasteiger partial charge on any atom is 0.149 e. The molecule has 1 aliphatic heterocycles.